The first-order chi connectivity index (χ1) is 9.88. The van der Waals surface area contributed by atoms with Crippen molar-refractivity contribution in [1.82, 2.24) is 0 Å². The molecule has 0 unspecified atom stereocenters. The number of nitro benzene ring substituents is 1. The van der Waals surface area contributed by atoms with Gasteiger partial charge in [-0.3, -0.25) is 14.9 Å². The van der Waals surface area contributed by atoms with Crippen LogP contribution in [-0.4, -0.2) is 10.8 Å². The van der Waals surface area contributed by atoms with Gasteiger partial charge in [0.1, 0.15) is 5.82 Å². The van der Waals surface area contributed by atoms with E-state index in [1.54, 1.807) is 6.92 Å². The SMILES string of the molecule is Cc1cc(C(=O)Nc2ccc(F)c(N)c2)ccc1[N+](=O)[O-]. The highest BCUT2D eigenvalue weighted by atomic mass is 19.1. The van der Waals surface area contributed by atoms with Crippen molar-refractivity contribution in [3.05, 3.63) is 63.5 Å². The summed E-state index contributed by atoms with van der Waals surface area (Å²) >= 11 is 0. The van der Waals surface area contributed by atoms with Crippen LogP contribution in [0.25, 0.3) is 0 Å². The predicted octanol–water partition coefficient (Wildman–Crippen LogP) is 2.88. The second kappa shape index (κ2) is 5.58. The molecule has 0 aliphatic heterocycles. The first-order valence-electron chi connectivity index (χ1n) is 6.00. The number of nitrogens with zero attached hydrogens (tertiary/aromatic N) is 1. The lowest BCUT2D eigenvalue weighted by molar-refractivity contribution is -0.385. The predicted molar refractivity (Wildman–Crippen MR) is 76.6 cm³/mol. The summed E-state index contributed by atoms with van der Waals surface area (Å²) in [4.78, 5) is 22.2. The van der Waals surface area contributed by atoms with Gasteiger partial charge in [-0.05, 0) is 37.3 Å². The number of nitro groups is 1. The molecule has 0 saturated heterocycles. The summed E-state index contributed by atoms with van der Waals surface area (Å²) in [6.45, 7) is 1.55. The average Bonchev–Trinajstić information content (AvgIpc) is 2.42. The van der Waals surface area contributed by atoms with Crippen molar-refractivity contribution < 1.29 is 14.1 Å². The molecule has 108 valence electrons. The van der Waals surface area contributed by atoms with E-state index >= 15 is 0 Å². The minimum absolute atomic E-state index is 0.0578. The zero-order valence-electron chi connectivity index (χ0n) is 11.1. The van der Waals surface area contributed by atoms with Crippen LogP contribution in [0, 0.1) is 22.9 Å². The number of carbonyl (C=O) groups excluding carboxylic acids is 1. The minimum atomic E-state index is -0.570. The molecule has 7 heteroatoms. The molecule has 2 aromatic rings. The van der Waals surface area contributed by atoms with Crippen molar-refractivity contribution in [2.45, 2.75) is 6.92 Å². The van der Waals surface area contributed by atoms with E-state index in [-0.39, 0.29) is 16.9 Å². The molecule has 0 heterocycles. The Morgan fingerprint density at radius 3 is 2.57 bits per heavy atom. The normalized spacial score (nSPS) is 10.2. The third-order valence-electron chi connectivity index (χ3n) is 2.91. The van der Waals surface area contributed by atoms with Gasteiger partial charge >= 0.3 is 0 Å². The van der Waals surface area contributed by atoms with Crippen LogP contribution in [0.15, 0.2) is 36.4 Å². The topological polar surface area (TPSA) is 98.3 Å². The van der Waals surface area contributed by atoms with E-state index in [2.05, 4.69) is 5.32 Å². The summed E-state index contributed by atoms with van der Waals surface area (Å²) < 4.78 is 13.0. The number of anilines is 2. The molecule has 3 N–H and O–H groups in total. The highest BCUT2D eigenvalue weighted by molar-refractivity contribution is 6.04. The van der Waals surface area contributed by atoms with Crippen LogP contribution in [0.5, 0.6) is 0 Å². The summed E-state index contributed by atoms with van der Waals surface area (Å²) in [5, 5.41) is 13.3. The number of nitrogens with two attached hydrogens (primary N) is 1. The van der Waals surface area contributed by atoms with Crippen molar-refractivity contribution in [3.8, 4) is 0 Å². The summed E-state index contributed by atoms with van der Waals surface area (Å²) in [7, 11) is 0. The van der Waals surface area contributed by atoms with Crippen molar-refractivity contribution >= 4 is 23.0 Å². The fourth-order valence-electron chi connectivity index (χ4n) is 1.83. The summed E-state index contributed by atoms with van der Waals surface area (Å²) in [5.41, 5.74) is 6.27. The first-order valence-corrected chi connectivity index (χ1v) is 6.00. The lowest BCUT2D eigenvalue weighted by Crippen LogP contribution is -2.12. The van der Waals surface area contributed by atoms with Crippen LogP contribution in [0.3, 0.4) is 0 Å². The van der Waals surface area contributed by atoms with Crippen LogP contribution in [0.1, 0.15) is 15.9 Å². The smallest absolute Gasteiger partial charge is 0.272 e. The van der Waals surface area contributed by atoms with Crippen LogP contribution >= 0.6 is 0 Å². The van der Waals surface area contributed by atoms with Crippen molar-refractivity contribution in [3.63, 3.8) is 0 Å². The van der Waals surface area contributed by atoms with Gasteiger partial charge in [-0.1, -0.05) is 0 Å². The maximum atomic E-state index is 13.0. The number of nitrogen functional groups attached to an aromatic ring is 1. The van der Waals surface area contributed by atoms with Gasteiger partial charge in [0.2, 0.25) is 0 Å². The van der Waals surface area contributed by atoms with Crippen LogP contribution in [-0.2, 0) is 0 Å². The van der Waals surface area contributed by atoms with Gasteiger partial charge in [-0.2, -0.15) is 0 Å². The van der Waals surface area contributed by atoms with Crippen molar-refractivity contribution in [1.29, 1.82) is 0 Å². The number of amides is 1. The fourth-order valence-corrected chi connectivity index (χ4v) is 1.83. The number of rotatable bonds is 3. The second-order valence-corrected chi connectivity index (χ2v) is 4.45. The molecule has 0 saturated carbocycles. The van der Waals surface area contributed by atoms with E-state index in [0.29, 0.717) is 11.3 Å². The Hall–Kier alpha value is -2.96. The van der Waals surface area contributed by atoms with E-state index in [0.717, 1.165) is 6.07 Å². The third-order valence-corrected chi connectivity index (χ3v) is 2.91. The molecule has 2 aromatic carbocycles. The Morgan fingerprint density at radius 1 is 1.29 bits per heavy atom. The van der Waals surface area contributed by atoms with E-state index in [1.807, 2.05) is 0 Å². The molecule has 2 rings (SSSR count). The standard InChI is InChI=1S/C14H12FN3O3/c1-8-6-9(2-5-13(8)18(20)21)14(19)17-10-3-4-11(15)12(16)7-10/h2-7H,16H2,1H3,(H,17,19). The Kier molecular flexibility index (Phi) is 3.84. The van der Waals surface area contributed by atoms with Crippen LogP contribution in [0.2, 0.25) is 0 Å². The Bertz CT molecular complexity index is 731. The summed E-state index contributed by atoms with van der Waals surface area (Å²) in [6, 6.07) is 7.86. The Balaban J connectivity index is 2.22. The molecular weight excluding hydrogens is 277 g/mol. The van der Waals surface area contributed by atoms with Crippen LogP contribution < -0.4 is 11.1 Å². The lowest BCUT2D eigenvalue weighted by Gasteiger charge is -2.07. The maximum absolute atomic E-state index is 13.0. The molecule has 1 amide bonds. The monoisotopic (exact) mass is 289 g/mol. The Morgan fingerprint density at radius 2 is 2.00 bits per heavy atom. The molecule has 0 bridgehead atoms. The summed E-state index contributed by atoms with van der Waals surface area (Å²) in [6.07, 6.45) is 0. The first kappa shape index (κ1) is 14.4. The molecule has 0 aromatic heterocycles. The number of halogens is 1. The zero-order chi connectivity index (χ0) is 15.6. The van der Waals surface area contributed by atoms with Gasteiger partial charge in [0, 0.05) is 22.9 Å². The molecule has 0 spiro atoms. The summed E-state index contributed by atoms with van der Waals surface area (Å²) in [5.74, 6) is -1.03. The maximum Gasteiger partial charge on any atom is 0.272 e. The fraction of sp³-hybridized carbons (Fsp3) is 0.0714. The van der Waals surface area contributed by atoms with E-state index in [1.165, 1.54) is 30.3 Å². The highest BCUT2D eigenvalue weighted by Gasteiger charge is 2.14. The van der Waals surface area contributed by atoms with Crippen molar-refractivity contribution in [2.75, 3.05) is 11.1 Å². The van der Waals surface area contributed by atoms with Gasteiger partial charge in [0.25, 0.3) is 11.6 Å². The van der Waals surface area contributed by atoms with Gasteiger partial charge in [0.05, 0.1) is 10.6 Å². The molecular formula is C14H12FN3O3. The van der Waals surface area contributed by atoms with E-state index in [4.69, 9.17) is 5.73 Å². The largest absolute Gasteiger partial charge is 0.396 e. The molecule has 6 nitrogen and oxygen atoms in total. The van der Waals surface area contributed by atoms with E-state index < -0.39 is 16.6 Å². The van der Waals surface area contributed by atoms with Gasteiger partial charge in [-0.15, -0.1) is 0 Å². The number of carbonyl (C=O) groups is 1. The molecule has 0 radical (unpaired) electrons. The number of nitrogens with one attached hydrogen (secondary N) is 1. The third kappa shape index (κ3) is 3.14. The Labute approximate surface area is 119 Å². The molecule has 0 aliphatic carbocycles. The molecule has 21 heavy (non-hydrogen) atoms. The van der Waals surface area contributed by atoms with Crippen LogP contribution in [0.4, 0.5) is 21.5 Å². The highest BCUT2D eigenvalue weighted by Crippen LogP contribution is 2.21. The number of hydrogen-bond acceptors (Lipinski definition) is 4. The number of aryl methyl sites for hydroxylation is 1. The average molecular weight is 289 g/mol. The van der Waals surface area contributed by atoms with Gasteiger partial charge in [0.15, 0.2) is 0 Å². The molecule has 0 fully saturated rings. The minimum Gasteiger partial charge on any atom is -0.396 e. The lowest BCUT2D eigenvalue weighted by atomic mass is 10.1. The second-order valence-electron chi connectivity index (χ2n) is 4.45. The number of hydrogen-bond donors (Lipinski definition) is 2. The van der Waals surface area contributed by atoms with E-state index in [9.17, 15) is 19.3 Å². The van der Waals surface area contributed by atoms with Crippen molar-refractivity contribution in [2.24, 2.45) is 0 Å². The van der Waals surface area contributed by atoms with Gasteiger partial charge < -0.3 is 11.1 Å². The number of benzene rings is 2. The zero-order valence-corrected chi connectivity index (χ0v) is 11.1. The molecule has 0 aliphatic rings. The molecule has 0 atom stereocenters. The quantitative estimate of drug-likeness (QED) is 0.515. The van der Waals surface area contributed by atoms with Gasteiger partial charge in [-0.25, -0.2) is 4.39 Å².